The van der Waals surface area contributed by atoms with Crippen molar-refractivity contribution in [3.63, 3.8) is 0 Å². The number of hydrogen-bond acceptors (Lipinski definition) is 2. The van der Waals surface area contributed by atoms with E-state index < -0.39 is 0 Å². The third-order valence-corrected chi connectivity index (χ3v) is 3.96. The van der Waals surface area contributed by atoms with E-state index in [-0.39, 0.29) is 0 Å². The van der Waals surface area contributed by atoms with Crippen LogP contribution in [0.4, 0.5) is 0 Å². The van der Waals surface area contributed by atoms with Gasteiger partial charge in [0.1, 0.15) is 0 Å². The van der Waals surface area contributed by atoms with Gasteiger partial charge in [0.05, 0.1) is 0 Å². The summed E-state index contributed by atoms with van der Waals surface area (Å²) in [6.07, 6.45) is 0. The van der Waals surface area contributed by atoms with Crippen LogP contribution in [-0.2, 0) is 0 Å². The van der Waals surface area contributed by atoms with Crippen molar-refractivity contribution in [1.29, 1.82) is 0 Å². The highest BCUT2D eigenvalue weighted by Gasteiger charge is 2.17. The van der Waals surface area contributed by atoms with Crippen LogP contribution in [0.2, 0.25) is 0 Å². The zero-order chi connectivity index (χ0) is 12.4. The lowest BCUT2D eigenvalue weighted by Crippen LogP contribution is -2.44. The molecule has 1 saturated heterocycles. The van der Waals surface area contributed by atoms with Crippen LogP contribution in [0.1, 0.15) is 18.5 Å². The Morgan fingerprint density at radius 3 is 2.50 bits per heavy atom. The predicted octanol–water partition coefficient (Wildman–Crippen LogP) is 2.81. The van der Waals surface area contributed by atoms with Gasteiger partial charge in [0.25, 0.3) is 0 Å². The number of rotatable bonds is 2. The Bertz CT molecular complexity index is 529. The van der Waals surface area contributed by atoms with Crippen molar-refractivity contribution in [2.24, 2.45) is 0 Å². The molecule has 0 aromatic heterocycles. The maximum Gasteiger partial charge on any atom is 0.0321 e. The first kappa shape index (κ1) is 11.7. The van der Waals surface area contributed by atoms with E-state index in [4.69, 9.17) is 0 Å². The Kier molecular flexibility index (Phi) is 3.31. The predicted molar refractivity (Wildman–Crippen MR) is 76.8 cm³/mol. The molecule has 2 aromatic carbocycles. The van der Waals surface area contributed by atoms with Crippen LogP contribution >= 0.6 is 0 Å². The molecule has 0 bridgehead atoms. The molecule has 94 valence electrons. The molecule has 0 spiro atoms. The van der Waals surface area contributed by atoms with Crippen molar-refractivity contribution in [1.82, 2.24) is 10.2 Å². The minimum Gasteiger partial charge on any atom is -0.314 e. The largest absolute Gasteiger partial charge is 0.314 e. The normalized spacial score (nSPS) is 18.9. The van der Waals surface area contributed by atoms with Crippen molar-refractivity contribution < 1.29 is 0 Å². The quantitative estimate of drug-likeness (QED) is 0.868. The molecule has 2 nitrogen and oxygen atoms in total. The van der Waals surface area contributed by atoms with Crippen LogP contribution in [-0.4, -0.2) is 31.1 Å². The van der Waals surface area contributed by atoms with Gasteiger partial charge in [-0.15, -0.1) is 0 Å². The zero-order valence-electron chi connectivity index (χ0n) is 10.9. The summed E-state index contributed by atoms with van der Waals surface area (Å²) in [5.74, 6) is 0. The first-order valence-corrected chi connectivity index (χ1v) is 6.78. The molecule has 0 amide bonds. The molecule has 1 aliphatic heterocycles. The first-order chi connectivity index (χ1) is 8.84. The average Bonchev–Trinajstić information content (AvgIpc) is 2.47. The third-order valence-electron chi connectivity index (χ3n) is 3.96. The Morgan fingerprint density at radius 2 is 1.72 bits per heavy atom. The van der Waals surface area contributed by atoms with E-state index in [1.54, 1.807) is 0 Å². The summed E-state index contributed by atoms with van der Waals surface area (Å²) in [5, 5.41) is 6.08. The maximum absolute atomic E-state index is 3.41. The van der Waals surface area contributed by atoms with Gasteiger partial charge in [-0.1, -0.05) is 36.4 Å². The molecule has 1 atom stereocenters. The van der Waals surface area contributed by atoms with Crippen LogP contribution < -0.4 is 5.32 Å². The van der Waals surface area contributed by atoms with E-state index in [1.807, 2.05) is 0 Å². The summed E-state index contributed by atoms with van der Waals surface area (Å²) in [5.41, 5.74) is 1.43. The summed E-state index contributed by atoms with van der Waals surface area (Å²) in [6.45, 7) is 6.83. The summed E-state index contributed by atoms with van der Waals surface area (Å²) >= 11 is 0. The fourth-order valence-electron chi connectivity index (χ4n) is 2.75. The highest BCUT2D eigenvalue weighted by Crippen LogP contribution is 2.24. The molecule has 1 heterocycles. The minimum absolute atomic E-state index is 0.511. The standard InChI is InChI=1S/C16H20N2/c1-13(18-10-8-17-9-11-18)15-7-6-14-4-2-3-5-16(14)12-15/h2-7,12-13,17H,8-11H2,1H3. The molecule has 2 aromatic rings. The lowest BCUT2D eigenvalue weighted by atomic mass is 10.0. The molecule has 1 unspecified atom stereocenters. The van der Waals surface area contributed by atoms with E-state index in [2.05, 4.69) is 59.6 Å². The van der Waals surface area contributed by atoms with E-state index >= 15 is 0 Å². The van der Waals surface area contributed by atoms with Gasteiger partial charge < -0.3 is 5.32 Å². The zero-order valence-corrected chi connectivity index (χ0v) is 10.9. The van der Waals surface area contributed by atoms with Crippen LogP contribution in [0.25, 0.3) is 10.8 Å². The third kappa shape index (κ3) is 2.26. The lowest BCUT2D eigenvalue weighted by molar-refractivity contribution is 0.185. The molecular weight excluding hydrogens is 220 g/mol. The lowest BCUT2D eigenvalue weighted by Gasteiger charge is -2.33. The Balaban J connectivity index is 1.88. The summed E-state index contributed by atoms with van der Waals surface area (Å²) in [4.78, 5) is 2.56. The topological polar surface area (TPSA) is 15.3 Å². The summed E-state index contributed by atoms with van der Waals surface area (Å²) < 4.78 is 0. The number of piperazine rings is 1. The van der Waals surface area contributed by atoms with E-state index in [9.17, 15) is 0 Å². The van der Waals surface area contributed by atoms with Gasteiger partial charge in [-0.2, -0.15) is 0 Å². The number of fused-ring (bicyclic) bond motifs is 1. The Morgan fingerprint density at radius 1 is 1.00 bits per heavy atom. The highest BCUT2D eigenvalue weighted by molar-refractivity contribution is 5.83. The summed E-state index contributed by atoms with van der Waals surface area (Å²) in [7, 11) is 0. The molecule has 2 heteroatoms. The van der Waals surface area contributed by atoms with Gasteiger partial charge in [-0.05, 0) is 29.3 Å². The van der Waals surface area contributed by atoms with Gasteiger partial charge in [-0.25, -0.2) is 0 Å². The van der Waals surface area contributed by atoms with E-state index in [0.717, 1.165) is 26.2 Å². The van der Waals surface area contributed by atoms with Crippen LogP contribution in [0.5, 0.6) is 0 Å². The van der Waals surface area contributed by atoms with Crippen molar-refractivity contribution in [2.75, 3.05) is 26.2 Å². The molecular formula is C16H20N2. The van der Waals surface area contributed by atoms with Crippen molar-refractivity contribution in [3.05, 3.63) is 48.0 Å². The maximum atomic E-state index is 3.41. The second-order valence-electron chi connectivity index (χ2n) is 5.07. The SMILES string of the molecule is CC(c1ccc2ccccc2c1)N1CCNCC1. The van der Waals surface area contributed by atoms with Gasteiger partial charge in [-0.3, -0.25) is 4.90 Å². The molecule has 18 heavy (non-hydrogen) atoms. The summed E-state index contributed by atoms with van der Waals surface area (Å²) in [6, 6.07) is 15.9. The van der Waals surface area contributed by atoms with Crippen molar-refractivity contribution in [2.45, 2.75) is 13.0 Å². The fraction of sp³-hybridized carbons (Fsp3) is 0.375. The molecule has 1 fully saturated rings. The van der Waals surface area contributed by atoms with Crippen molar-refractivity contribution in [3.8, 4) is 0 Å². The Hall–Kier alpha value is -1.38. The van der Waals surface area contributed by atoms with Crippen LogP contribution in [0, 0.1) is 0 Å². The van der Waals surface area contributed by atoms with E-state index in [0.29, 0.717) is 6.04 Å². The van der Waals surface area contributed by atoms with Crippen molar-refractivity contribution >= 4 is 10.8 Å². The second kappa shape index (κ2) is 5.09. The van der Waals surface area contributed by atoms with Crippen LogP contribution in [0.3, 0.4) is 0 Å². The van der Waals surface area contributed by atoms with Gasteiger partial charge in [0.15, 0.2) is 0 Å². The molecule has 1 aliphatic rings. The first-order valence-electron chi connectivity index (χ1n) is 6.78. The number of benzene rings is 2. The van der Waals surface area contributed by atoms with E-state index in [1.165, 1.54) is 16.3 Å². The van der Waals surface area contributed by atoms with Crippen LogP contribution in [0.15, 0.2) is 42.5 Å². The molecule has 0 aliphatic carbocycles. The molecule has 3 rings (SSSR count). The number of hydrogen-bond donors (Lipinski definition) is 1. The smallest absolute Gasteiger partial charge is 0.0321 e. The number of nitrogens with zero attached hydrogens (tertiary/aromatic N) is 1. The molecule has 0 radical (unpaired) electrons. The average molecular weight is 240 g/mol. The monoisotopic (exact) mass is 240 g/mol. The van der Waals surface area contributed by atoms with Gasteiger partial charge in [0.2, 0.25) is 0 Å². The molecule has 1 N–H and O–H groups in total. The second-order valence-corrected chi connectivity index (χ2v) is 5.07. The highest BCUT2D eigenvalue weighted by atomic mass is 15.2. The fourth-order valence-corrected chi connectivity index (χ4v) is 2.75. The molecule has 0 saturated carbocycles. The minimum atomic E-state index is 0.511. The number of nitrogens with one attached hydrogen (secondary N) is 1. The van der Waals surface area contributed by atoms with Gasteiger partial charge >= 0.3 is 0 Å². The Labute approximate surface area is 109 Å². The van der Waals surface area contributed by atoms with Gasteiger partial charge in [0, 0.05) is 32.2 Å².